The number of benzene rings is 1. The van der Waals surface area contributed by atoms with Crippen LogP contribution in [0.1, 0.15) is 37.1 Å². The van der Waals surface area contributed by atoms with Crippen molar-refractivity contribution in [2.45, 2.75) is 45.8 Å². The maximum absolute atomic E-state index is 12.0. The summed E-state index contributed by atoms with van der Waals surface area (Å²) < 4.78 is 16.8. The molecule has 2 heterocycles. The van der Waals surface area contributed by atoms with Crippen molar-refractivity contribution in [1.29, 1.82) is 0 Å². The van der Waals surface area contributed by atoms with E-state index in [9.17, 15) is 4.79 Å². The number of aromatic nitrogens is 1. The van der Waals surface area contributed by atoms with Gasteiger partial charge in [0.25, 0.3) is 0 Å². The number of aromatic amines is 1. The molecule has 146 valence electrons. The average molecular weight is 371 g/mol. The number of aryl methyl sites for hydroxylation is 3. The number of nitrogens with one attached hydrogen (secondary N) is 1. The zero-order valence-corrected chi connectivity index (χ0v) is 16.2. The predicted octanol–water partition coefficient (Wildman–Crippen LogP) is 3.50. The van der Waals surface area contributed by atoms with Crippen LogP contribution < -0.4 is 10.2 Å². The molecule has 0 bridgehead atoms. The lowest BCUT2D eigenvalue weighted by Crippen LogP contribution is -2.34. The minimum Gasteiger partial charge on any atom is -0.473 e. The van der Waals surface area contributed by atoms with Gasteiger partial charge in [-0.25, -0.2) is 0 Å². The van der Waals surface area contributed by atoms with Crippen LogP contribution in [0.15, 0.2) is 41.2 Å². The fraction of sp³-hybridized carbons (Fsp3) is 0.500. The number of ether oxygens (including phenoxy) is 3. The van der Waals surface area contributed by atoms with E-state index in [1.54, 1.807) is 6.07 Å². The fourth-order valence-electron chi connectivity index (χ4n) is 3.12. The quantitative estimate of drug-likeness (QED) is 0.771. The molecule has 0 aliphatic carbocycles. The maximum Gasteiger partial charge on any atom is 0.195 e. The Hall–Kier alpha value is -2.11. The van der Waals surface area contributed by atoms with Gasteiger partial charge >= 0.3 is 0 Å². The molecule has 27 heavy (non-hydrogen) atoms. The van der Waals surface area contributed by atoms with E-state index in [0.29, 0.717) is 25.0 Å². The molecule has 1 aliphatic rings. The van der Waals surface area contributed by atoms with Crippen LogP contribution in [0, 0.1) is 5.92 Å². The van der Waals surface area contributed by atoms with Gasteiger partial charge in [0.15, 0.2) is 17.6 Å². The van der Waals surface area contributed by atoms with Gasteiger partial charge in [-0.2, -0.15) is 0 Å². The third-order valence-corrected chi connectivity index (χ3v) is 4.63. The fourth-order valence-corrected chi connectivity index (χ4v) is 3.12. The Morgan fingerprint density at radius 2 is 1.70 bits per heavy atom. The first-order valence-corrected chi connectivity index (χ1v) is 9.79. The normalized spacial score (nSPS) is 19.8. The van der Waals surface area contributed by atoms with E-state index in [1.165, 1.54) is 17.2 Å². The lowest BCUT2D eigenvalue weighted by atomic mass is 10.0. The van der Waals surface area contributed by atoms with Gasteiger partial charge in [0.2, 0.25) is 0 Å². The molecule has 5 nitrogen and oxygen atoms in total. The molecule has 1 aromatic heterocycles. The molecule has 1 aromatic carbocycles. The van der Waals surface area contributed by atoms with Crippen molar-refractivity contribution in [3.05, 3.63) is 63.4 Å². The SMILES string of the molecule is CCCc1ccc(CCc2cc(=O)cc(OCC3OCC(C)CO3)[nH]2)cc1. The Kier molecular flexibility index (Phi) is 7.07. The topological polar surface area (TPSA) is 60.6 Å². The molecular weight excluding hydrogens is 342 g/mol. The largest absolute Gasteiger partial charge is 0.473 e. The highest BCUT2D eigenvalue weighted by atomic mass is 16.7. The Morgan fingerprint density at radius 1 is 1.04 bits per heavy atom. The first-order valence-electron chi connectivity index (χ1n) is 9.79. The van der Waals surface area contributed by atoms with Crippen LogP contribution in [-0.4, -0.2) is 31.1 Å². The smallest absolute Gasteiger partial charge is 0.195 e. The summed E-state index contributed by atoms with van der Waals surface area (Å²) in [6, 6.07) is 11.8. The molecular formula is C22H29NO4. The van der Waals surface area contributed by atoms with Crippen LogP contribution in [0.25, 0.3) is 0 Å². The van der Waals surface area contributed by atoms with Gasteiger partial charge in [-0.15, -0.1) is 0 Å². The first kappa shape index (κ1) is 19.6. The third kappa shape index (κ3) is 6.22. The molecule has 0 radical (unpaired) electrons. The van der Waals surface area contributed by atoms with Gasteiger partial charge in [-0.05, 0) is 30.4 Å². The highest BCUT2D eigenvalue weighted by molar-refractivity contribution is 5.24. The molecule has 3 rings (SSSR count). The summed E-state index contributed by atoms with van der Waals surface area (Å²) in [6.45, 7) is 5.87. The van der Waals surface area contributed by atoms with E-state index in [2.05, 4.69) is 43.1 Å². The van der Waals surface area contributed by atoms with Crippen LogP contribution in [0.4, 0.5) is 0 Å². The first-order chi connectivity index (χ1) is 13.1. The van der Waals surface area contributed by atoms with Crippen molar-refractivity contribution < 1.29 is 14.2 Å². The van der Waals surface area contributed by atoms with Crippen LogP contribution in [0.3, 0.4) is 0 Å². The van der Waals surface area contributed by atoms with Crippen molar-refractivity contribution in [3.63, 3.8) is 0 Å². The Balaban J connectivity index is 1.54. The molecule has 5 heteroatoms. The summed E-state index contributed by atoms with van der Waals surface area (Å²) in [7, 11) is 0. The number of hydrogen-bond donors (Lipinski definition) is 1. The minimum absolute atomic E-state index is 0.0591. The van der Waals surface area contributed by atoms with Gasteiger partial charge in [0.1, 0.15) is 6.61 Å². The summed E-state index contributed by atoms with van der Waals surface area (Å²) in [6.07, 6.45) is 3.52. The Bertz CT molecular complexity index is 761. The Labute approximate surface area is 160 Å². The zero-order chi connectivity index (χ0) is 19.1. The second-order valence-electron chi connectivity index (χ2n) is 7.28. The van der Waals surface area contributed by atoms with E-state index in [-0.39, 0.29) is 18.3 Å². The van der Waals surface area contributed by atoms with Gasteiger partial charge < -0.3 is 19.2 Å². The summed E-state index contributed by atoms with van der Waals surface area (Å²) >= 11 is 0. The van der Waals surface area contributed by atoms with Crippen LogP contribution in [0.5, 0.6) is 5.88 Å². The average Bonchev–Trinajstić information content (AvgIpc) is 2.67. The lowest BCUT2D eigenvalue weighted by Gasteiger charge is -2.27. The monoisotopic (exact) mass is 371 g/mol. The molecule has 0 saturated carbocycles. The van der Waals surface area contributed by atoms with E-state index in [4.69, 9.17) is 14.2 Å². The minimum atomic E-state index is -0.380. The van der Waals surface area contributed by atoms with Crippen LogP contribution in [0.2, 0.25) is 0 Å². The van der Waals surface area contributed by atoms with Gasteiger partial charge in [0, 0.05) is 23.7 Å². The molecule has 1 aliphatic heterocycles. The second kappa shape index (κ2) is 9.72. The van der Waals surface area contributed by atoms with Crippen molar-refractivity contribution in [2.24, 2.45) is 5.92 Å². The zero-order valence-electron chi connectivity index (χ0n) is 16.2. The maximum atomic E-state index is 12.0. The van der Waals surface area contributed by atoms with Crippen molar-refractivity contribution in [1.82, 2.24) is 4.98 Å². The molecule has 0 atom stereocenters. The predicted molar refractivity (Wildman–Crippen MR) is 105 cm³/mol. The lowest BCUT2D eigenvalue weighted by molar-refractivity contribution is -0.208. The molecule has 0 unspecified atom stereocenters. The highest BCUT2D eigenvalue weighted by Gasteiger charge is 2.19. The molecule has 0 spiro atoms. The molecule has 0 amide bonds. The number of hydrogen-bond acceptors (Lipinski definition) is 4. The van der Waals surface area contributed by atoms with Gasteiger partial charge in [-0.1, -0.05) is 44.5 Å². The van der Waals surface area contributed by atoms with Crippen LogP contribution >= 0.6 is 0 Å². The number of rotatable bonds is 8. The second-order valence-corrected chi connectivity index (χ2v) is 7.28. The molecule has 1 fully saturated rings. The third-order valence-electron chi connectivity index (χ3n) is 4.63. The standard InChI is InChI=1S/C22H29NO4/c1-3-4-17-5-7-18(8-6-17)9-10-19-11-20(24)12-21(23-19)25-15-22-26-13-16(2)14-27-22/h5-8,11-12,16,22H,3-4,9-10,13-15H2,1-2H3,(H,23,24). The van der Waals surface area contributed by atoms with Crippen molar-refractivity contribution >= 4 is 0 Å². The summed E-state index contributed by atoms with van der Waals surface area (Å²) in [5.41, 5.74) is 3.44. The van der Waals surface area contributed by atoms with Crippen LogP contribution in [-0.2, 0) is 28.7 Å². The number of pyridine rings is 1. The molecule has 2 aromatic rings. The number of H-pyrrole nitrogens is 1. The van der Waals surface area contributed by atoms with Crippen molar-refractivity contribution in [2.75, 3.05) is 19.8 Å². The Morgan fingerprint density at radius 3 is 2.37 bits per heavy atom. The van der Waals surface area contributed by atoms with E-state index >= 15 is 0 Å². The van der Waals surface area contributed by atoms with Gasteiger partial charge in [0.05, 0.1) is 13.2 Å². The van der Waals surface area contributed by atoms with Gasteiger partial charge in [-0.3, -0.25) is 4.79 Å². The van der Waals surface area contributed by atoms with E-state index < -0.39 is 0 Å². The highest BCUT2D eigenvalue weighted by Crippen LogP contribution is 2.14. The van der Waals surface area contributed by atoms with E-state index in [0.717, 1.165) is 31.4 Å². The van der Waals surface area contributed by atoms with Crippen molar-refractivity contribution in [3.8, 4) is 5.88 Å². The van der Waals surface area contributed by atoms with E-state index in [1.807, 2.05) is 0 Å². The summed E-state index contributed by atoms with van der Waals surface area (Å²) in [5.74, 6) is 0.863. The summed E-state index contributed by atoms with van der Waals surface area (Å²) in [5, 5.41) is 0. The molecule has 1 N–H and O–H groups in total. The molecule has 1 saturated heterocycles. The summed E-state index contributed by atoms with van der Waals surface area (Å²) in [4.78, 5) is 15.2.